The summed E-state index contributed by atoms with van der Waals surface area (Å²) in [7, 11) is 2.93. The number of carbonyl (C=O) groups excluding carboxylic acids is 2. The van der Waals surface area contributed by atoms with Crippen LogP contribution >= 0.6 is 0 Å². The number of aromatic nitrogens is 3. The second kappa shape index (κ2) is 7.62. The van der Waals surface area contributed by atoms with Gasteiger partial charge in [-0.3, -0.25) is 23.5 Å². The molecule has 0 spiro atoms. The Bertz CT molecular complexity index is 1230. The van der Waals surface area contributed by atoms with Gasteiger partial charge in [-0.15, -0.1) is 0 Å². The minimum atomic E-state index is -0.470. The van der Waals surface area contributed by atoms with Crippen LogP contribution in [0.1, 0.15) is 23.2 Å². The predicted molar refractivity (Wildman–Crippen MR) is 108 cm³/mol. The Morgan fingerprint density at radius 2 is 1.90 bits per heavy atom. The highest BCUT2D eigenvalue weighted by atomic mass is 16.3. The first-order valence-corrected chi connectivity index (χ1v) is 9.55. The van der Waals surface area contributed by atoms with Gasteiger partial charge in [0.05, 0.1) is 29.1 Å². The summed E-state index contributed by atoms with van der Waals surface area (Å²) in [6.07, 6.45) is 5.36. The van der Waals surface area contributed by atoms with Crippen molar-refractivity contribution in [1.82, 2.24) is 19.0 Å². The number of amides is 2. The number of nitrogens with one attached hydrogen (secondary N) is 1. The van der Waals surface area contributed by atoms with Crippen LogP contribution in [-0.2, 0) is 18.9 Å². The molecule has 3 aromatic heterocycles. The molecule has 30 heavy (non-hydrogen) atoms. The second-order valence-corrected chi connectivity index (χ2v) is 7.37. The van der Waals surface area contributed by atoms with E-state index in [2.05, 4.69) is 10.3 Å². The van der Waals surface area contributed by atoms with Gasteiger partial charge in [0.15, 0.2) is 0 Å². The average molecular weight is 411 g/mol. The SMILES string of the molecule is Cn1c(=O)c2cc(NC(=O)C3CCN(C(=O)c4ccoc4)CC3)cnc2n(C)c1=O. The van der Waals surface area contributed by atoms with Crippen molar-refractivity contribution < 1.29 is 14.0 Å². The van der Waals surface area contributed by atoms with Crippen LogP contribution in [0.2, 0.25) is 0 Å². The van der Waals surface area contributed by atoms with E-state index in [0.29, 0.717) is 37.2 Å². The van der Waals surface area contributed by atoms with E-state index in [9.17, 15) is 19.2 Å². The van der Waals surface area contributed by atoms with E-state index in [4.69, 9.17) is 4.42 Å². The van der Waals surface area contributed by atoms with E-state index >= 15 is 0 Å². The zero-order valence-electron chi connectivity index (χ0n) is 16.6. The number of anilines is 1. The number of hydrogen-bond acceptors (Lipinski definition) is 6. The number of rotatable bonds is 3. The van der Waals surface area contributed by atoms with E-state index in [1.807, 2.05) is 0 Å². The zero-order chi connectivity index (χ0) is 21.4. The van der Waals surface area contributed by atoms with Crippen LogP contribution < -0.4 is 16.6 Å². The Labute approximate surface area is 170 Å². The molecule has 1 fully saturated rings. The lowest BCUT2D eigenvalue weighted by Gasteiger charge is -2.31. The summed E-state index contributed by atoms with van der Waals surface area (Å²) in [6, 6.07) is 3.15. The van der Waals surface area contributed by atoms with Crippen molar-refractivity contribution in [2.45, 2.75) is 12.8 Å². The predicted octanol–water partition coefficient (Wildman–Crippen LogP) is 0.716. The average Bonchev–Trinajstić information content (AvgIpc) is 3.30. The number of nitrogens with zero attached hydrogens (tertiary/aromatic N) is 4. The Morgan fingerprint density at radius 1 is 1.17 bits per heavy atom. The molecule has 156 valence electrons. The minimum absolute atomic E-state index is 0.109. The van der Waals surface area contributed by atoms with Gasteiger partial charge in [-0.25, -0.2) is 9.78 Å². The Balaban J connectivity index is 1.46. The van der Waals surface area contributed by atoms with Gasteiger partial charge in [-0.1, -0.05) is 0 Å². The van der Waals surface area contributed by atoms with Gasteiger partial charge in [0.2, 0.25) is 5.91 Å². The number of fused-ring (bicyclic) bond motifs is 1. The largest absolute Gasteiger partial charge is 0.472 e. The number of pyridine rings is 1. The molecule has 1 N–H and O–H groups in total. The zero-order valence-corrected chi connectivity index (χ0v) is 16.6. The highest BCUT2D eigenvalue weighted by Crippen LogP contribution is 2.21. The van der Waals surface area contributed by atoms with Crippen molar-refractivity contribution in [3.63, 3.8) is 0 Å². The summed E-state index contributed by atoms with van der Waals surface area (Å²) < 4.78 is 7.24. The summed E-state index contributed by atoms with van der Waals surface area (Å²) in [5.74, 6) is -0.548. The lowest BCUT2D eigenvalue weighted by atomic mass is 9.95. The van der Waals surface area contributed by atoms with Crippen molar-refractivity contribution in [2.24, 2.45) is 20.0 Å². The molecule has 0 radical (unpaired) electrons. The molecule has 4 heterocycles. The number of hydrogen-bond donors (Lipinski definition) is 1. The fraction of sp³-hybridized carbons (Fsp3) is 0.350. The van der Waals surface area contributed by atoms with Crippen LogP contribution in [0.4, 0.5) is 5.69 Å². The molecule has 2 amide bonds. The van der Waals surface area contributed by atoms with Crippen molar-refractivity contribution in [3.05, 3.63) is 57.3 Å². The molecule has 3 aromatic rings. The standard InChI is InChI=1S/C20H21N5O5/c1-23-16-15(19(28)24(2)20(23)29)9-14(10-21-16)22-17(26)12-3-6-25(7-4-12)18(27)13-5-8-30-11-13/h5,8-12H,3-4,6-7H2,1-2H3,(H,22,26). The van der Waals surface area contributed by atoms with E-state index in [1.54, 1.807) is 11.0 Å². The first-order chi connectivity index (χ1) is 14.4. The van der Waals surface area contributed by atoms with Gasteiger partial charge in [0.25, 0.3) is 11.5 Å². The highest BCUT2D eigenvalue weighted by Gasteiger charge is 2.28. The number of likely N-dealkylation sites (tertiary alicyclic amines) is 1. The van der Waals surface area contributed by atoms with E-state index in [-0.39, 0.29) is 28.8 Å². The molecule has 0 aliphatic carbocycles. The van der Waals surface area contributed by atoms with E-state index in [0.717, 1.165) is 4.57 Å². The molecule has 10 nitrogen and oxygen atoms in total. The van der Waals surface area contributed by atoms with Crippen LogP contribution in [0.15, 0.2) is 44.9 Å². The third-order valence-electron chi connectivity index (χ3n) is 5.48. The van der Waals surface area contributed by atoms with Gasteiger partial charge < -0.3 is 14.6 Å². The molecule has 0 aromatic carbocycles. The van der Waals surface area contributed by atoms with Gasteiger partial charge >= 0.3 is 5.69 Å². The maximum Gasteiger partial charge on any atom is 0.332 e. The molecular weight excluding hydrogens is 390 g/mol. The normalized spacial score (nSPS) is 14.8. The van der Waals surface area contributed by atoms with Crippen LogP contribution in [0, 0.1) is 5.92 Å². The number of furan rings is 1. The Kier molecular flexibility index (Phi) is 4.98. The molecule has 0 unspecified atom stereocenters. The van der Waals surface area contributed by atoms with Crippen molar-refractivity contribution in [1.29, 1.82) is 0 Å². The second-order valence-electron chi connectivity index (χ2n) is 7.37. The molecule has 0 atom stereocenters. The number of piperidine rings is 1. The molecule has 1 aliphatic heterocycles. The van der Waals surface area contributed by atoms with Crippen molar-refractivity contribution >= 4 is 28.5 Å². The van der Waals surface area contributed by atoms with Gasteiger partial charge in [0, 0.05) is 33.1 Å². The summed E-state index contributed by atoms with van der Waals surface area (Å²) in [5.41, 5.74) is 0.208. The molecule has 0 bridgehead atoms. The quantitative estimate of drug-likeness (QED) is 0.678. The Hall–Kier alpha value is -3.69. The number of aryl methyl sites for hydroxylation is 1. The molecule has 1 aliphatic rings. The Morgan fingerprint density at radius 3 is 2.57 bits per heavy atom. The van der Waals surface area contributed by atoms with Gasteiger partial charge in [-0.2, -0.15) is 0 Å². The first-order valence-electron chi connectivity index (χ1n) is 9.55. The van der Waals surface area contributed by atoms with Gasteiger partial charge in [-0.05, 0) is 25.0 Å². The molecular formula is C20H21N5O5. The fourth-order valence-corrected chi connectivity index (χ4v) is 3.69. The summed E-state index contributed by atoms with van der Waals surface area (Å²) in [4.78, 5) is 55.3. The van der Waals surface area contributed by atoms with Crippen LogP contribution in [0.3, 0.4) is 0 Å². The van der Waals surface area contributed by atoms with E-state index in [1.165, 1.54) is 43.5 Å². The first kappa shape index (κ1) is 19.6. The molecule has 0 saturated carbocycles. The summed E-state index contributed by atoms with van der Waals surface area (Å²) in [6.45, 7) is 0.946. The van der Waals surface area contributed by atoms with Crippen molar-refractivity contribution in [2.75, 3.05) is 18.4 Å². The number of carbonyl (C=O) groups is 2. The molecule has 1 saturated heterocycles. The molecule has 4 rings (SSSR count). The smallest absolute Gasteiger partial charge is 0.332 e. The third kappa shape index (κ3) is 3.40. The third-order valence-corrected chi connectivity index (χ3v) is 5.48. The molecule has 10 heteroatoms. The lowest BCUT2D eigenvalue weighted by molar-refractivity contribution is -0.121. The topological polar surface area (TPSA) is 119 Å². The maximum absolute atomic E-state index is 12.7. The van der Waals surface area contributed by atoms with Crippen LogP contribution in [-0.4, -0.2) is 43.9 Å². The van der Waals surface area contributed by atoms with Crippen LogP contribution in [0.25, 0.3) is 11.0 Å². The highest BCUT2D eigenvalue weighted by molar-refractivity contribution is 5.95. The summed E-state index contributed by atoms with van der Waals surface area (Å²) in [5, 5.41) is 3.05. The van der Waals surface area contributed by atoms with Crippen molar-refractivity contribution in [3.8, 4) is 0 Å². The summed E-state index contributed by atoms with van der Waals surface area (Å²) >= 11 is 0. The lowest BCUT2D eigenvalue weighted by Crippen LogP contribution is -2.41. The van der Waals surface area contributed by atoms with Gasteiger partial charge in [0.1, 0.15) is 11.9 Å². The fourth-order valence-electron chi connectivity index (χ4n) is 3.69. The monoisotopic (exact) mass is 411 g/mol. The maximum atomic E-state index is 12.7. The van der Waals surface area contributed by atoms with E-state index < -0.39 is 11.2 Å². The minimum Gasteiger partial charge on any atom is -0.472 e. The van der Waals surface area contributed by atoms with Crippen LogP contribution in [0.5, 0.6) is 0 Å².